The quantitative estimate of drug-likeness (QED) is 0.762. The summed E-state index contributed by atoms with van der Waals surface area (Å²) >= 11 is 0. The first kappa shape index (κ1) is 17.4. The fourth-order valence-corrected chi connectivity index (χ4v) is 6.58. The van der Waals surface area contributed by atoms with Crippen LogP contribution in [0.5, 0.6) is 0 Å². The van der Waals surface area contributed by atoms with Crippen molar-refractivity contribution in [3.8, 4) is 0 Å². The summed E-state index contributed by atoms with van der Waals surface area (Å²) in [4.78, 5) is 15.0. The Kier molecular flexibility index (Phi) is 4.71. The Morgan fingerprint density at radius 2 is 2.04 bits per heavy atom. The van der Waals surface area contributed by atoms with E-state index >= 15 is 0 Å². The summed E-state index contributed by atoms with van der Waals surface area (Å²) in [5, 5.41) is -0.556. The smallest absolute Gasteiger partial charge is 0.326 e. The minimum atomic E-state index is -3.48. The van der Waals surface area contributed by atoms with Crippen LogP contribution in [-0.4, -0.2) is 49.8 Å². The molecule has 0 spiro atoms. The number of fused-ring (bicyclic) bond motifs is 1. The van der Waals surface area contributed by atoms with Crippen LogP contribution in [-0.2, 0) is 19.4 Å². The van der Waals surface area contributed by atoms with Crippen molar-refractivity contribution < 1.29 is 17.9 Å². The summed E-state index contributed by atoms with van der Waals surface area (Å²) in [5.41, 5.74) is -0.763. The highest BCUT2D eigenvalue weighted by molar-refractivity contribution is 7.92. The van der Waals surface area contributed by atoms with Crippen molar-refractivity contribution in [2.75, 3.05) is 13.7 Å². The number of carbonyl (C=O) groups excluding carboxylic acids is 1. The molecule has 0 radical (unpaired) electrons. The van der Waals surface area contributed by atoms with Gasteiger partial charge in [-0.1, -0.05) is 31.5 Å². The molecule has 5 nitrogen and oxygen atoms in total. The van der Waals surface area contributed by atoms with E-state index in [1.807, 2.05) is 6.07 Å². The van der Waals surface area contributed by atoms with Gasteiger partial charge in [0.2, 0.25) is 0 Å². The van der Waals surface area contributed by atoms with Crippen molar-refractivity contribution in [3.63, 3.8) is 0 Å². The Morgan fingerprint density at radius 3 is 2.67 bits per heavy atom. The monoisotopic (exact) mass is 351 g/mol. The summed E-state index contributed by atoms with van der Waals surface area (Å²) in [7, 11) is -2.09. The van der Waals surface area contributed by atoms with E-state index in [9.17, 15) is 13.2 Å². The Bertz CT molecular complexity index is 703. The average molecular weight is 351 g/mol. The maximum Gasteiger partial charge on any atom is 0.326 e. The minimum Gasteiger partial charge on any atom is -0.468 e. The molecule has 2 fully saturated rings. The van der Waals surface area contributed by atoms with Gasteiger partial charge in [0.1, 0.15) is 5.54 Å². The molecule has 0 aliphatic carbocycles. The van der Waals surface area contributed by atoms with E-state index in [-0.39, 0.29) is 12.0 Å². The van der Waals surface area contributed by atoms with Crippen molar-refractivity contribution in [2.45, 2.75) is 60.8 Å². The van der Waals surface area contributed by atoms with E-state index < -0.39 is 20.6 Å². The topological polar surface area (TPSA) is 63.7 Å². The van der Waals surface area contributed by atoms with E-state index in [4.69, 9.17) is 4.74 Å². The molecule has 2 aliphatic rings. The van der Waals surface area contributed by atoms with Gasteiger partial charge in [0, 0.05) is 6.04 Å². The largest absolute Gasteiger partial charge is 0.468 e. The Morgan fingerprint density at radius 1 is 1.33 bits per heavy atom. The first-order valence-corrected chi connectivity index (χ1v) is 10.2. The van der Waals surface area contributed by atoms with Gasteiger partial charge in [0.25, 0.3) is 0 Å². The predicted octanol–water partition coefficient (Wildman–Crippen LogP) is 2.41. The van der Waals surface area contributed by atoms with E-state index in [0.717, 1.165) is 25.8 Å². The fraction of sp³-hybridized carbons (Fsp3) is 0.611. The van der Waals surface area contributed by atoms with Gasteiger partial charge in [-0.25, -0.2) is 8.42 Å². The Labute approximate surface area is 143 Å². The van der Waals surface area contributed by atoms with Crippen LogP contribution in [0.15, 0.2) is 35.2 Å². The molecule has 1 aromatic rings. The summed E-state index contributed by atoms with van der Waals surface area (Å²) in [6, 6.07) is 8.47. The number of benzene rings is 1. The zero-order chi connectivity index (χ0) is 17.4. The summed E-state index contributed by atoms with van der Waals surface area (Å²) in [5.74, 6) is -0.285. The van der Waals surface area contributed by atoms with E-state index in [2.05, 4.69) is 11.8 Å². The highest BCUT2D eigenvalue weighted by Crippen LogP contribution is 2.47. The molecule has 2 heterocycles. The van der Waals surface area contributed by atoms with Crippen molar-refractivity contribution in [1.29, 1.82) is 0 Å². The van der Waals surface area contributed by atoms with Gasteiger partial charge < -0.3 is 4.74 Å². The Balaban J connectivity index is 2.03. The minimum absolute atomic E-state index is 0.123. The maximum atomic E-state index is 13.2. The highest BCUT2D eigenvalue weighted by Gasteiger charge is 2.61. The molecule has 3 rings (SSSR count). The SMILES string of the molecule is CCC[C@H]1[C@@H](S(=O)(=O)c2ccccc2)C[C@@]2(C(=O)OC)CCCN12. The molecular weight excluding hydrogens is 326 g/mol. The molecule has 2 aliphatic heterocycles. The Hall–Kier alpha value is -1.40. The van der Waals surface area contributed by atoms with Gasteiger partial charge >= 0.3 is 5.97 Å². The lowest BCUT2D eigenvalue weighted by Gasteiger charge is -2.32. The second kappa shape index (κ2) is 6.48. The number of hydrogen-bond acceptors (Lipinski definition) is 5. The third-order valence-corrected chi connectivity index (χ3v) is 7.73. The number of nitrogens with zero attached hydrogens (tertiary/aromatic N) is 1. The first-order chi connectivity index (χ1) is 11.5. The number of esters is 1. The predicted molar refractivity (Wildman–Crippen MR) is 91.4 cm³/mol. The normalized spacial score (nSPS) is 30.2. The molecule has 6 heteroatoms. The fourth-order valence-electron chi connectivity index (χ4n) is 4.50. The number of sulfone groups is 1. The molecule has 3 atom stereocenters. The van der Waals surface area contributed by atoms with Gasteiger partial charge in [-0.05, 0) is 44.4 Å². The van der Waals surface area contributed by atoms with Crippen LogP contribution in [0, 0.1) is 0 Å². The van der Waals surface area contributed by atoms with Gasteiger partial charge in [0.05, 0.1) is 17.3 Å². The molecule has 0 saturated carbocycles. The third-order valence-electron chi connectivity index (χ3n) is 5.53. The second-order valence-corrected chi connectivity index (χ2v) is 8.94. The summed E-state index contributed by atoms with van der Waals surface area (Å²) < 4.78 is 31.5. The van der Waals surface area contributed by atoms with Crippen molar-refractivity contribution >= 4 is 15.8 Å². The van der Waals surface area contributed by atoms with Crippen molar-refractivity contribution in [2.24, 2.45) is 0 Å². The van der Waals surface area contributed by atoms with Crippen LogP contribution in [0.1, 0.15) is 39.0 Å². The molecule has 0 bridgehead atoms. The standard InChI is InChI=1S/C18H25NO4S/c1-3-8-15-16(24(21,22)14-9-5-4-6-10-14)13-18(17(20)23-2)11-7-12-19(15)18/h4-6,9-10,15-16H,3,7-8,11-13H2,1-2H3/t15-,16-,18+/m0/s1. The lowest BCUT2D eigenvalue weighted by molar-refractivity contribution is -0.152. The lowest BCUT2D eigenvalue weighted by atomic mass is 9.94. The molecule has 0 amide bonds. The molecule has 0 unspecified atom stereocenters. The van der Waals surface area contributed by atoms with Gasteiger partial charge in [0.15, 0.2) is 9.84 Å². The number of ether oxygens (including phenoxy) is 1. The molecule has 0 N–H and O–H groups in total. The van der Waals surface area contributed by atoms with Crippen LogP contribution in [0.2, 0.25) is 0 Å². The highest BCUT2D eigenvalue weighted by atomic mass is 32.2. The zero-order valence-electron chi connectivity index (χ0n) is 14.3. The number of methoxy groups -OCH3 is 1. The lowest BCUT2D eigenvalue weighted by Crippen LogP contribution is -2.49. The number of carbonyl (C=O) groups is 1. The molecule has 0 aromatic heterocycles. The average Bonchev–Trinajstić information content (AvgIpc) is 3.14. The van der Waals surface area contributed by atoms with Gasteiger partial charge in [-0.2, -0.15) is 0 Å². The third kappa shape index (κ3) is 2.56. The molecule has 2 saturated heterocycles. The van der Waals surface area contributed by atoms with E-state index in [1.165, 1.54) is 7.11 Å². The van der Waals surface area contributed by atoms with Gasteiger partial charge in [-0.15, -0.1) is 0 Å². The zero-order valence-corrected chi connectivity index (χ0v) is 15.1. The molecule has 132 valence electrons. The van der Waals surface area contributed by atoms with E-state index in [1.54, 1.807) is 24.3 Å². The van der Waals surface area contributed by atoms with Crippen LogP contribution < -0.4 is 0 Å². The van der Waals surface area contributed by atoms with Crippen LogP contribution in [0.25, 0.3) is 0 Å². The molecule has 1 aromatic carbocycles. The van der Waals surface area contributed by atoms with E-state index in [0.29, 0.717) is 17.7 Å². The van der Waals surface area contributed by atoms with Crippen molar-refractivity contribution in [3.05, 3.63) is 30.3 Å². The van der Waals surface area contributed by atoms with Gasteiger partial charge in [-0.3, -0.25) is 9.69 Å². The molecular formula is C18H25NO4S. The summed E-state index contributed by atoms with van der Waals surface area (Å²) in [6.07, 6.45) is 3.59. The number of hydrogen-bond donors (Lipinski definition) is 0. The first-order valence-electron chi connectivity index (χ1n) is 8.61. The van der Waals surface area contributed by atoms with Crippen LogP contribution in [0.3, 0.4) is 0 Å². The second-order valence-electron chi connectivity index (χ2n) is 6.78. The maximum absolute atomic E-state index is 13.2. The summed E-state index contributed by atoms with van der Waals surface area (Å²) in [6.45, 7) is 2.82. The van der Waals surface area contributed by atoms with Crippen LogP contribution in [0.4, 0.5) is 0 Å². The molecule has 24 heavy (non-hydrogen) atoms. The number of rotatable bonds is 5. The van der Waals surface area contributed by atoms with Crippen LogP contribution >= 0.6 is 0 Å². The van der Waals surface area contributed by atoms with Crippen molar-refractivity contribution in [1.82, 2.24) is 4.90 Å².